The fourth-order valence-corrected chi connectivity index (χ4v) is 1.23. The van der Waals surface area contributed by atoms with Crippen molar-refractivity contribution < 1.29 is 19.1 Å². The number of furan rings is 1. The highest BCUT2D eigenvalue weighted by atomic mass is 16.4. The number of aliphatic carboxylic acids is 1. The minimum Gasteiger partial charge on any atom is -0.480 e. The molecule has 88 valence electrons. The average Bonchev–Trinajstić information content (AvgIpc) is 2.61. The van der Waals surface area contributed by atoms with Crippen LogP contribution in [-0.2, 0) is 16.0 Å². The molecule has 0 saturated heterocycles. The van der Waals surface area contributed by atoms with E-state index >= 15 is 0 Å². The number of carbonyl (C=O) groups excluding carboxylic acids is 1. The molecule has 1 aromatic heterocycles. The van der Waals surface area contributed by atoms with Crippen LogP contribution in [0.15, 0.2) is 16.5 Å². The summed E-state index contributed by atoms with van der Waals surface area (Å²) < 4.78 is 5.29. The molecule has 2 N–H and O–H groups in total. The molecule has 0 fully saturated rings. The molecule has 1 unspecified atom stereocenters. The quantitative estimate of drug-likeness (QED) is 0.786. The highest BCUT2D eigenvalue weighted by molar-refractivity contribution is 5.83. The normalized spacial score (nSPS) is 12.1. The van der Waals surface area contributed by atoms with Gasteiger partial charge in [-0.2, -0.15) is 0 Å². The summed E-state index contributed by atoms with van der Waals surface area (Å²) in [6.45, 7) is 3.26. The summed E-state index contributed by atoms with van der Waals surface area (Å²) in [5, 5.41) is 11.0. The topological polar surface area (TPSA) is 79.5 Å². The van der Waals surface area contributed by atoms with Gasteiger partial charge < -0.3 is 14.8 Å². The Morgan fingerprint density at radius 3 is 2.69 bits per heavy atom. The number of nitrogens with one attached hydrogen (secondary N) is 1. The Kier molecular flexibility index (Phi) is 4.10. The number of hydrogen-bond donors (Lipinski definition) is 2. The van der Waals surface area contributed by atoms with Crippen molar-refractivity contribution in [2.45, 2.75) is 32.7 Å². The van der Waals surface area contributed by atoms with E-state index in [9.17, 15) is 9.59 Å². The van der Waals surface area contributed by atoms with Crippen LogP contribution in [0.2, 0.25) is 0 Å². The molecule has 0 aromatic carbocycles. The van der Waals surface area contributed by atoms with Crippen LogP contribution in [-0.4, -0.2) is 23.0 Å². The van der Waals surface area contributed by atoms with Crippen LogP contribution in [0.25, 0.3) is 0 Å². The van der Waals surface area contributed by atoms with Crippen LogP contribution < -0.4 is 5.32 Å². The van der Waals surface area contributed by atoms with Gasteiger partial charge in [0, 0.05) is 12.8 Å². The van der Waals surface area contributed by atoms with Crippen LogP contribution in [0.3, 0.4) is 0 Å². The fourth-order valence-electron chi connectivity index (χ4n) is 1.23. The van der Waals surface area contributed by atoms with Crippen LogP contribution >= 0.6 is 0 Å². The first kappa shape index (κ1) is 12.3. The lowest BCUT2D eigenvalue weighted by Crippen LogP contribution is -2.38. The standard InChI is InChI=1S/C11H15NO4/c1-7-3-4-9(16-7)5-6-10(13)12-8(2)11(14)15/h3-4,8H,5-6H2,1-2H3,(H,12,13)(H,14,15). The van der Waals surface area contributed by atoms with Crippen molar-refractivity contribution in [1.29, 1.82) is 0 Å². The predicted octanol–water partition coefficient (Wildman–Crippen LogP) is 1.11. The summed E-state index contributed by atoms with van der Waals surface area (Å²) in [6.07, 6.45) is 0.705. The first-order chi connectivity index (χ1) is 7.49. The highest BCUT2D eigenvalue weighted by Gasteiger charge is 2.13. The molecule has 5 nitrogen and oxygen atoms in total. The molecule has 0 aliphatic heterocycles. The molecule has 5 heteroatoms. The van der Waals surface area contributed by atoms with Crippen molar-refractivity contribution in [3.8, 4) is 0 Å². The Morgan fingerprint density at radius 2 is 2.19 bits per heavy atom. The molecule has 1 atom stereocenters. The van der Waals surface area contributed by atoms with E-state index in [1.807, 2.05) is 19.1 Å². The third kappa shape index (κ3) is 3.76. The maximum Gasteiger partial charge on any atom is 0.325 e. The summed E-state index contributed by atoms with van der Waals surface area (Å²) in [7, 11) is 0. The van der Waals surface area contributed by atoms with Gasteiger partial charge in [0.05, 0.1) is 0 Å². The molecular weight excluding hydrogens is 210 g/mol. The number of amides is 1. The Balaban J connectivity index is 2.33. The van der Waals surface area contributed by atoms with E-state index < -0.39 is 12.0 Å². The zero-order valence-electron chi connectivity index (χ0n) is 9.32. The number of carbonyl (C=O) groups is 2. The number of carboxylic acids is 1. The van der Waals surface area contributed by atoms with E-state index in [1.54, 1.807) is 0 Å². The van der Waals surface area contributed by atoms with Gasteiger partial charge in [-0.1, -0.05) is 0 Å². The van der Waals surface area contributed by atoms with Crippen molar-refractivity contribution in [2.75, 3.05) is 0 Å². The second-order valence-corrected chi connectivity index (χ2v) is 3.64. The lowest BCUT2D eigenvalue weighted by molar-refractivity contribution is -0.141. The van der Waals surface area contributed by atoms with Crippen LogP contribution in [0.4, 0.5) is 0 Å². The van der Waals surface area contributed by atoms with Gasteiger partial charge in [0.25, 0.3) is 0 Å². The maximum atomic E-state index is 11.3. The Labute approximate surface area is 93.4 Å². The summed E-state index contributed by atoms with van der Waals surface area (Å²) in [4.78, 5) is 21.8. The average molecular weight is 225 g/mol. The lowest BCUT2D eigenvalue weighted by Gasteiger charge is -2.08. The van der Waals surface area contributed by atoms with Gasteiger partial charge in [-0.05, 0) is 26.0 Å². The second kappa shape index (κ2) is 5.34. The van der Waals surface area contributed by atoms with Gasteiger partial charge >= 0.3 is 5.97 Å². The summed E-state index contributed by atoms with van der Waals surface area (Å²) in [6, 6.07) is 2.78. The summed E-state index contributed by atoms with van der Waals surface area (Å²) in [5.74, 6) is 0.205. The molecule has 1 amide bonds. The van der Waals surface area contributed by atoms with E-state index in [0.717, 1.165) is 11.5 Å². The SMILES string of the molecule is Cc1ccc(CCC(=O)NC(C)C(=O)O)o1. The molecule has 0 aliphatic carbocycles. The molecule has 1 rings (SSSR count). The smallest absolute Gasteiger partial charge is 0.325 e. The van der Waals surface area contributed by atoms with E-state index in [-0.39, 0.29) is 12.3 Å². The third-order valence-electron chi connectivity index (χ3n) is 2.14. The number of hydrogen-bond acceptors (Lipinski definition) is 3. The molecule has 0 radical (unpaired) electrons. The van der Waals surface area contributed by atoms with Gasteiger partial charge in [0.2, 0.25) is 5.91 Å². The summed E-state index contributed by atoms with van der Waals surface area (Å²) in [5.41, 5.74) is 0. The fraction of sp³-hybridized carbons (Fsp3) is 0.455. The van der Waals surface area contributed by atoms with E-state index in [4.69, 9.17) is 9.52 Å². The maximum absolute atomic E-state index is 11.3. The first-order valence-electron chi connectivity index (χ1n) is 5.06. The van der Waals surface area contributed by atoms with Crippen molar-refractivity contribution >= 4 is 11.9 Å². The highest BCUT2D eigenvalue weighted by Crippen LogP contribution is 2.08. The largest absolute Gasteiger partial charge is 0.480 e. The van der Waals surface area contributed by atoms with Crippen molar-refractivity contribution in [3.05, 3.63) is 23.7 Å². The molecule has 1 aromatic rings. The Morgan fingerprint density at radius 1 is 1.50 bits per heavy atom. The zero-order valence-corrected chi connectivity index (χ0v) is 9.32. The van der Waals surface area contributed by atoms with Gasteiger partial charge in [0.1, 0.15) is 17.6 Å². The molecular formula is C11H15NO4. The van der Waals surface area contributed by atoms with Crippen molar-refractivity contribution in [3.63, 3.8) is 0 Å². The Hall–Kier alpha value is -1.78. The van der Waals surface area contributed by atoms with Gasteiger partial charge in [-0.25, -0.2) is 0 Å². The Bertz CT molecular complexity index is 383. The summed E-state index contributed by atoms with van der Waals surface area (Å²) >= 11 is 0. The van der Waals surface area contributed by atoms with Gasteiger partial charge in [0.15, 0.2) is 0 Å². The second-order valence-electron chi connectivity index (χ2n) is 3.64. The minimum atomic E-state index is -1.04. The third-order valence-corrected chi connectivity index (χ3v) is 2.14. The van der Waals surface area contributed by atoms with Crippen LogP contribution in [0, 0.1) is 6.92 Å². The van der Waals surface area contributed by atoms with Gasteiger partial charge in [-0.15, -0.1) is 0 Å². The van der Waals surface area contributed by atoms with E-state index in [1.165, 1.54) is 6.92 Å². The predicted molar refractivity (Wildman–Crippen MR) is 57.0 cm³/mol. The monoisotopic (exact) mass is 225 g/mol. The first-order valence-corrected chi connectivity index (χ1v) is 5.06. The van der Waals surface area contributed by atoms with E-state index in [0.29, 0.717) is 6.42 Å². The van der Waals surface area contributed by atoms with Crippen LogP contribution in [0.5, 0.6) is 0 Å². The van der Waals surface area contributed by atoms with Crippen molar-refractivity contribution in [1.82, 2.24) is 5.32 Å². The number of aryl methyl sites for hydroxylation is 2. The molecule has 0 bridgehead atoms. The number of carboxylic acid groups (broad SMARTS) is 1. The lowest BCUT2D eigenvalue weighted by atomic mass is 10.2. The van der Waals surface area contributed by atoms with Crippen LogP contribution in [0.1, 0.15) is 24.9 Å². The molecule has 0 spiro atoms. The molecule has 0 aliphatic rings. The molecule has 1 heterocycles. The van der Waals surface area contributed by atoms with Gasteiger partial charge in [-0.3, -0.25) is 9.59 Å². The van der Waals surface area contributed by atoms with E-state index in [2.05, 4.69) is 5.32 Å². The zero-order chi connectivity index (χ0) is 12.1. The molecule has 0 saturated carbocycles. The number of rotatable bonds is 5. The van der Waals surface area contributed by atoms with Crippen molar-refractivity contribution in [2.24, 2.45) is 0 Å². The minimum absolute atomic E-state index is 0.227. The molecule has 16 heavy (non-hydrogen) atoms.